The molecule has 0 spiro atoms. The molecule has 1 rings (SSSR count). The number of hydrogen-bond acceptors (Lipinski definition) is 3. The molecule has 14 heavy (non-hydrogen) atoms. The lowest BCUT2D eigenvalue weighted by molar-refractivity contribution is -0.124. The maximum Gasteiger partial charge on any atom is 0.237 e. The SMILES string of the molecule is CC(C)C[C@H](N)C(=O)NC1(CO)CC1. The van der Waals surface area contributed by atoms with Crippen LogP contribution in [0.1, 0.15) is 33.1 Å². The van der Waals surface area contributed by atoms with Gasteiger partial charge in [-0.05, 0) is 25.2 Å². The van der Waals surface area contributed by atoms with Crippen LogP contribution in [0.2, 0.25) is 0 Å². The number of amides is 1. The highest BCUT2D eigenvalue weighted by Crippen LogP contribution is 2.34. The highest BCUT2D eigenvalue weighted by atomic mass is 16.3. The second-order valence-electron chi connectivity index (χ2n) is 4.66. The van der Waals surface area contributed by atoms with Gasteiger partial charge in [0.1, 0.15) is 0 Å². The predicted molar refractivity (Wildman–Crippen MR) is 54.6 cm³/mol. The molecule has 1 aliphatic carbocycles. The van der Waals surface area contributed by atoms with Crippen molar-refractivity contribution in [2.24, 2.45) is 11.7 Å². The van der Waals surface area contributed by atoms with E-state index >= 15 is 0 Å². The number of nitrogens with two attached hydrogens (primary N) is 1. The van der Waals surface area contributed by atoms with E-state index in [0.717, 1.165) is 12.8 Å². The molecule has 1 saturated carbocycles. The maximum absolute atomic E-state index is 11.5. The Morgan fingerprint density at radius 2 is 2.14 bits per heavy atom. The molecule has 0 aromatic heterocycles. The van der Waals surface area contributed by atoms with Crippen molar-refractivity contribution in [3.63, 3.8) is 0 Å². The number of nitrogens with one attached hydrogen (secondary N) is 1. The van der Waals surface area contributed by atoms with E-state index in [4.69, 9.17) is 10.8 Å². The van der Waals surface area contributed by atoms with Gasteiger partial charge in [-0.1, -0.05) is 13.8 Å². The number of hydrogen-bond donors (Lipinski definition) is 3. The molecule has 0 aromatic rings. The first-order valence-electron chi connectivity index (χ1n) is 5.17. The smallest absolute Gasteiger partial charge is 0.237 e. The van der Waals surface area contributed by atoms with Gasteiger partial charge >= 0.3 is 0 Å². The van der Waals surface area contributed by atoms with Crippen LogP contribution >= 0.6 is 0 Å². The van der Waals surface area contributed by atoms with Crippen molar-refractivity contribution in [3.8, 4) is 0 Å². The Morgan fingerprint density at radius 3 is 2.50 bits per heavy atom. The third kappa shape index (κ3) is 2.96. The van der Waals surface area contributed by atoms with Crippen molar-refractivity contribution in [3.05, 3.63) is 0 Å². The summed E-state index contributed by atoms with van der Waals surface area (Å²) in [4.78, 5) is 11.5. The molecule has 4 heteroatoms. The summed E-state index contributed by atoms with van der Waals surface area (Å²) in [5, 5.41) is 11.8. The van der Waals surface area contributed by atoms with Crippen LogP contribution in [0.3, 0.4) is 0 Å². The van der Waals surface area contributed by atoms with E-state index in [-0.39, 0.29) is 18.1 Å². The molecule has 0 unspecified atom stereocenters. The van der Waals surface area contributed by atoms with Gasteiger partial charge < -0.3 is 16.2 Å². The van der Waals surface area contributed by atoms with Crippen molar-refractivity contribution in [1.29, 1.82) is 0 Å². The molecule has 0 bridgehead atoms. The van der Waals surface area contributed by atoms with Gasteiger partial charge in [-0.2, -0.15) is 0 Å². The Balaban J connectivity index is 2.34. The summed E-state index contributed by atoms with van der Waals surface area (Å²) >= 11 is 0. The zero-order chi connectivity index (χ0) is 10.8. The molecule has 82 valence electrons. The van der Waals surface area contributed by atoms with Gasteiger partial charge in [0.15, 0.2) is 0 Å². The minimum Gasteiger partial charge on any atom is -0.394 e. The van der Waals surface area contributed by atoms with Crippen LogP contribution < -0.4 is 11.1 Å². The lowest BCUT2D eigenvalue weighted by Gasteiger charge is -2.19. The van der Waals surface area contributed by atoms with Crippen molar-refractivity contribution in [2.45, 2.75) is 44.7 Å². The second kappa shape index (κ2) is 4.28. The van der Waals surface area contributed by atoms with Crippen LogP contribution in [-0.4, -0.2) is 29.2 Å². The van der Waals surface area contributed by atoms with E-state index in [1.807, 2.05) is 13.8 Å². The lowest BCUT2D eigenvalue weighted by Crippen LogP contribution is -2.48. The van der Waals surface area contributed by atoms with Crippen molar-refractivity contribution >= 4 is 5.91 Å². The first-order chi connectivity index (χ1) is 6.49. The summed E-state index contributed by atoms with van der Waals surface area (Å²) in [6, 6.07) is -0.445. The number of rotatable bonds is 5. The summed E-state index contributed by atoms with van der Waals surface area (Å²) in [5.41, 5.74) is 5.37. The predicted octanol–water partition coefficient (Wildman–Crippen LogP) is 0.000900. The summed E-state index contributed by atoms with van der Waals surface area (Å²) < 4.78 is 0. The van der Waals surface area contributed by atoms with Crippen LogP contribution in [0.4, 0.5) is 0 Å². The number of aliphatic hydroxyl groups excluding tert-OH is 1. The standard InChI is InChI=1S/C10H20N2O2/c1-7(2)5-8(11)9(14)12-10(6-13)3-4-10/h7-8,13H,3-6,11H2,1-2H3,(H,12,14)/t8-/m0/s1. The summed E-state index contributed by atoms with van der Waals surface area (Å²) in [5.74, 6) is 0.283. The van der Waals surface area contributed by atoms with E-state index in [0.29, 0.717) is 12.3 Å². The molecule has 0 aromatic carbocycles. The molecular formula is C10H20N2O2. The molecular weight excluding hydrogens is 180 g/mol. The van der Waals surface area contributed by atoms with Gasteiger partial charge in [-0.15, -0.1) is 0 Å². The van der Waals surface area contributed by atoms with Crippen LogP contribution in [0.15, 0.2) is 0 Å². The van der Waals surface area contributed by atoms with Crippen LogP contribution in [0, 0.1) is 5.92 Å². The zero-order valence-electron chi connectivity index (χ0n) is 8.92. The van der Waals surface area contributed by atoms with Crippen LogP contribution in [-0.2, 0) is 4.79 Å². The van der Waals surface area contributed by atoms with E-state index in [9.17, 15) is 4.79 Å². The molecule has 4 N–H and O–H groups in total. The van der Waals surface area contributed by atoms with Crippen molar-refractivity contribution in [2.75, 3.05) is 6.61 Å². The van der Waals surface area contributed by atoms with Gasteiger partial charge in [0.25, 0.3) is 0 Å². The van der Waals surface area contributed by atoms with E-state index in [2.05, 4.69) is 5.32 Å². The maximum atomic E-state index is 11.5. The van der Waals surface area contributed by atoms with Gasteiger partial charge in [-0.25, -0.2) is 0 Å². The molecule has 1 amide bonds. The van der Waals surface area contributed by atoms with Gasteiger partial charge in [0.05, 0.1) is 18.2 Å². The molecule has 1 fully saturated rings. The average molecular weight is 200 g/mol. The molecule has 0 saturated heterocycles. The highest BCUT2D eigenvalue weighted by Gasteiger charge is 2.43. The average Bonchev–Trinajstić information content (AvgIpc) is 2.84. The largest absolute Gasteiger partial charge is 0.394 e. The fourth-order valence-electron chi connectivity index (χ4n) is 1.44. The number of carbonyl (C=O) groups is 1. The Hall–Kier alpha value is -0.610. The molecule has 0 radical (unpaired) electrons. The Kier molecular flexibility index (Phi) is 3.50. The third-order valence-corrected chi connectivity index (χ3v) is 2.61. The minimum atomic E-state index is -0.445. The monoisotopic (exact) mass is 200 g/mol. The lowest BCUT2D eigenvalue weighted by atomic mass is 10.0. The van der Waals surface area contributed by atoms with E-state index < -0.39 is 6.04 Å². The Morgan fingerprint density at radius 1 is 1.57 bits per heavy atom. The molecule has 4 nitrogen and oxygen atoms in total. The topological polar surface area (TPSA) is 75.4 Å². The third-order valence-electron chi connectivity index (χ3n) is 2.61. The first-order valence-corrected chi connectivity index (χ1v) is 5.17. The Bertz CT molecular complexity index is 212. The molecule has 0 heterocycles. The van der Waals surface area contributed by atoms with E-state index in [1.54, 1.807) is 0 Å². The fourth-order valence-corrected chi connectivity index (χ4v) is 1.44. The van der Waals surface area contributed by atoms with Crippen LogP contribution in [0.5, 0.6) is 0 Å². The second-order valence-corrected chi connectivity index (χ2v) is 4.66. The number of aliphatic hydroxyl groups is 1. The van der Waals surface area contributed by atoms with Gasteiger partial charge in [0, 0.05) is 0 Å². The van der Waals surface area contributed by atoms with Gasteiger partial charge in [0.2, 0.25) is 5.91 Å². The first kappa shape index (κ1) is 11.5. The molecule has 1 aliphatic rings. The Labute approximate surface area is 84.9 Å². The quantitative estimate of drug-likeness (QED) is 0.585. The summed E-state index contributed by atoms with van der Waals surface area (Å²) in [6.45, 7) is 4.09. The summed E-state index contributed by atoms with van der Waals surface area (Å²) in [7, 11) is 0. The van der Waals surface area contributed by atoms with Crippen molar-refractivity contribution < 1.29 is 9.90 Å². The highest BCUT2D eigenvalue weighted by molar-refractivity contribution is 5.82. The normalized spacial score (nSPS) is 20.6. The minimum absolute atomic E-state index is 0.0210. The molecule has 1 atom stereocenters. The van der Waals surface area contributed by atoms with Crippen molar-refractivity contribution in [1.82, 2.24) is 5.32 Å². The molecule has 0 aliphatic heterocycles. The van der Waals surface area contributed by atoms with Crippen LogP contribution in [0.25, 0.3) is 0 Å². The summed E-state index contributed by atoms with van der Waals surface area (Å²) in [6.07, 6.45) is 2.42. The van der Waals surface area contributed by atoms with Gasteiger partial charge in [-0.3, -0.25) is 4.79 Å². The van der Waals surface area contributed by atoms with E-state index in [1.165, 1.54) is 0 Å². The fraction of sp³-hybridized carbons (Fsp3) is 0.900. The zero-order valence-corrected chi connectivity index (χ0v) is 8.92. The number of carbonyl (C=O) groups excluding carboxylic acids is 1.